The van der Waals surface area contributed by atoms with Crippen molar-refractivity contribution >= 4 is 54.8 Å². The van der Waals surface area contributed by atoms with Crippen LogP contribution in [0.25, 0.3) is 0 Å². The highest BCUT2D eigenvalue weighted by molar-refractivity contribution is 9.10. The fourth-order valence-electron chi connectivity index (χ4n) is 2.73. The van der Waals surface area contributed by atoms with Gasteiger partial charge in [-0.3, -0.25) is 9.10 Å². The number of ether oxygens (including phenoxy) is 1. The van der Waals surface area contributed by atoms with Gasteiger partial charge in [0.15, 0.2) is 0 Å². The van der Waals surface area contributed by atoms with Crippen LogP contribution in [-0.4, -0.2) is 28.0 Å². The van der Waals surface area contributed by atoms with E-state index in [-0.39, 0.29) is 15.6 Å². The molecule has 3 aromatic carbocycles. The largest absolute Gasteiger partial charge is 0.495 e. The summed E-state index contributed by atoms with van der Waals surface area (Å²) in [5.74, 6) is -0.108. The third-order valence-electron chi connectivity index (χ3n) is 4.19. The zero-order chi connectivity index (χ0) is 21.7. The molecule has 30 heavy (non-hydrogen) atoms. The van der Waals surface area contributed by atoms with Crippen molar-refractivity contribution < 1.29 is 17.9 Å². The van der Waals surface area contributed by atoms with Crippen molar-refractivity contribution in [2.24, 2.45) is 0 Å². The fraction of sp³-hybridized carbons (Fsp3) is 0.0952. The number of nitrogens with zero attached hydrogens (tertiary/aromatic N) is 1. The van der Waals surface area contributed by atoms with Crippen molar-refractivity contribution in [1.82, 2.24) is 0 Å². The number of methoxy groups -OCH3 is 1. The number of para-hydroxylation sites is 1. The van der Waals surface area contributed by atoms with Crippen LogP contribution in [-0.2, 0) is 14.8 Å². The highest BCUT2D eigenvalue weighted by Crippen LogP contribution is 2.32. The van der Waals surface area contributed by atoms with Gasteiger partial charge >= 0.3 is 0 Å². The average Bonchev–Trinajstić information content (AvgIpc) is 2.74. The van der Waals surface area contributed by atoms with Crippen molar-refractivity contribution in [3.63, 3.8) is 0 Å². The minimum Gasteiger partial charge on any atom is -0.495 e. The number of sulfonamides is 1. The molecule has 0 atom stereocenters. The Hall–Kier alpha value is -2.55. The van der Waals surface area contributed by atoms with Crippen LogP contribution in [0.15, 0.2) is 82.2 Å². The SMILES string of the molecule is COc1ccc(N(CC(=O)Nc2ccccc2Br)S(=O)(=O)c2ccccc2)cc1Cl. The van der Waals surface area contributed by atoms with Gasteiger partial charge in [0.25, 0.3) is 10.0 Å². The number of amides is 1. The van der Waals surface area contributed by atoms with Crippen LogP contribution in [0.4, 0.5) is 11.4 Å². The number of hydrogen-bond acceptors (Lipinski definition) is 4. The summed E-state index contributed by atoms with van der Waals surface area (Å²) in [6, 6.07) is 19.5. The van der Waals surface area contributed by atoms with Gasteiger partial charge in [-0.25, -0.2) is 8.42 Å². The Bertz CT molecular complexity index is 1160. The summed E-state index contributed by atoms with van der Waals surface area (Å²) in [5.41, 5.74) is 0.777. The van der Waals surface area contributed by atoms with Gasteiger partial charge in [-0.1, -0.05) is 41.9 Å². The Labute approximate surface area is 188 Å². The predicted molar refractivity (Wildman–Crippen MR) is 122 cm³/mol. The maximum absolute atomic E-state index is 13.3. The van der Waals surface area contributed by atoms with E-state index in [0.717, 1.165) is 4.31 Å². The number of rotatable bonds is 7. The topological polar surface area (TPSA) is 75.7 Å². The van der Waals surface area contributed by atoms with E-state index in [9.17, 15) is 13.2 Å². The number of anilines is 2. The van der Waals surface area contributed by atoms with Gasteiger partial charge < -0.3 is 10.1 Å². The lowest BCUT2D eigenvalue weighted by Crippen LogP contribution is -2.38. The molecule has 156 valence electrons. The van der Waals surface area contributed by atoms with E-state index in [1.807, 2.05) is 6.07 Å². The Morgan fingerprint density at radius 1 is 1.07 bits per heavy atom. The van der Waals surface area contributed by atoms with E-state index in [4.69, 9.17) is 16.3 Å². The molecule has 1 amide bonds. The second-order valence-corrected chi connectivity index (χ2v) is 9.30. The highest BCUT2D eigenvalue weighted by atomic mass is 79.9. The molecule has 0 aliphatic carbocycles. The van der Waals surface area contributed by atoms with Crippen LogP contribution in [0.3, 0.4) is 0 Å². The molecule has 0 bridgehead atoms. The number of nitrogens with one attached hydrogen (secondary N) is 1. The number of carbonyl (C=O) groups is 1. The first kappa shape index (κ1) is 22.1. The summed E-state index contributed by atoms with van der Waals surface area (Å²) in [5, 5.41) is 2.95. The van der Waals surface area contributed by atoms with Gasteiger partial charge in [0.05, 0.1) is 28.4 Å². The van der Waals surface area contributed by atoms with Crippen molar-refractivity contribution in [2.75, 3.05) is 23.3 Å². The average molecular weight is 510 g/mol. The molecule has 9 heteroatoms. The molecular formula is C21H18BrClN2O4S. The standard InChI is InChI=1S/C21H18BrClN2O4S/c1-29-20-12-11-15(13-18(20)23)25(30(27,28)16-7-3-2-4-8-16)14-21(26)24-19-10-6-5-9-17(19)22/h2-13H,14H2,1H3,(H,24,26). The van der Waals surface area contributed by atoms with Gasteiger partial charge in [0, 0.05) is 4.47 Å². The van der Waals surface area contributed by atoms with Crippen LogP contribution in [0.1, 0.15) is 0 Å². The fourth-order valence-corrected chi connectivity index (χ4v) is 4.80. The third-order valence-corrected chi connectivity index (χ3v) is 6.96. The molecule has 0 unspecified atom stereocenters. The quantitative estimate of drug-likeness (QED) is 0.489. The second kappa shape index (κ2) is 9.51. The Kier molecular flexibility index (Phi) is 7.02. The normalized spacial score (nSPS) is 11.0. The second-order valence-electron chi connectivity index (χ2n) is 6.17. The molecule has 0 saturated carbocycles. The van der Waals surface area contributed by atoms with Crippen LogP contribution >= 0.6 is 27.5 Å². The summed E-state index contributed by atoms with van der Waals surface area (Å²) >= 11 is 9.56. The molecule has 0 saturated heterocycles. The van der Waals surface area contributed by atoms with Gasteiger partial charge in [-0.05, 0) is 58.4 Å². The first-order valence-corrected chi connectivity index (χ1v) is 11.4. The van der Waals surface area contributed by atoms with E-state index in [1.54, 1.807) is 42.5 Å². The summed E-state index contributed by atoms with van der Waals surface area (Å²) in [6.07, 6.45) is 0. The van der Waals surface area contributed by atoms with Crippen LogP contribution < -0.4 is 14.4 Å². The van der Waals surface area contributed by atoms with Crippen molar-refractivity contribution in [2.45, 2.75) is 4.90 Å². The minimum atomic E-state index is -4.03. The Morgan fingerprint density at radius 3 is 2.37 bits per heavy atom. The minimum absolute atomic E-state index is 0.0608. The lowest BCUT2D eigenvalue weighted by Gasteiger charge is -2.24. The summed E-state index contributed by atoms with van der Waals surface area (Å²) in [6.45, 7) is -0.443. The van der Waals surface area contributed by atoms with Gasteiger partial charge in [-0.15, -0.1) is 0 Å². The number of hydrogen-bond donors (Lipinski definition) is 1. The van der Waals surface area contributed by atoms with Crippen LogP contribution in [0.5, 0.6) is 5.75 Å². The molecular weight excluding hydrogens is 492 g/mol. The van der Waals surface area contributed by atoms with Gasteiger partial charge in [-0.2, -0.15) is 0 Å². The van der Waals surface area contributed by atoms with E-state index >= 15 is 0 Å². The van der Waals surface area contributed by atoms with E-state index in [0.29, 0.717) is 15.9 Å². The van der Waals surface area contributed by atoms with Gasteiger partial charge in [0.1, 0.15) is 12.3 Å². The van der Waals surface area contributed by atoms with Crippen molar-refractivity contribution in [3.05, 3.63) is 82.3 Å². The Morgan fingerprint density at radius 2 is 1.73 bits per heavy atom. The molecule has 0 spiro atoms. The molecule has 6 nitrogen and oxygen atoms in total. The zero-order valence-corrected chi connectivity index (χ0v) is 19.0. The molecule has 0 heterocycles. The lowest BCUT2D eigenvalue weighted by atomic mass is 10.3. The van der Waals surface area contributed by atoms with E-state index in [1.165, 1.54) is 31.4 Å². The van der Waals surface area contributed by atoms with Crippen LogP contribution in [0, 0.1) is 0 Å². The Balaban J connectivity index is 1.98. The predicted octanol–water partition coefficient (Wildman–Crippen LogP) is 4.95. The molecule has 0 aliphatic rings. The molecule has 0 aliphatic heterocycles. The smallest absolute Gasteiger partial charge is 0.264 e. The van der Waals surface area contributed by atoms with Crippen molar-refractivity contribution in [1.29, 1.82) is 0 Å². The van der Waals surface area contributed by atoms with E-state index < -0.39 is 22.5 Å². The molecule has 1 N–H and O–H groups in total. The molecule has 0 aromatic heterocycles. The number of carbonyl (C=O) groups excluding carboxylic acids is 1. The maximum Gasteiger partial charge on any atom is 0.264 e. The van der Waals surface area contributed by atoms with Crippen molar-refractivity contribution in [3.8, 4) is 5.75 Å². The third kappa shape index (κ3) is 4.95. The summed E-state index contributed by atoms with van der Waals surface area (Å²) in [4.78, 5) is 12.8. The maximum atomic E-state index is 13.3. The first-order valence-electron chi connectivity index (χ1n) is 8.78. The lowest BCUT2D eigenvalue weighted by molar-refractivity contribution is -0.114. The summed E-state index contributed by atoms with van der Waals surface area (Å²) in [7, 11) is -2.56. The molecule has 0 fully saturated rings. The number of halogens is 2. The summed E-state index contributed by atoms with van der Waals surface area (Å²) < 4.78 is 33.5. The molecule has 3 aromatic rings. The number of benzene rings is 3. The van der Waals surface area contributed by atoms with Gasteiger partial charge in [0.2, 0.25) is 5.91 Å². The first-order chi connectivity index (χ1) is 14.3. The van der Waals surface area contributed by atoms with E-state index in [2.05, 4.69) is 21.2 Å². The van der Waals surface area contributed by atoms with Crippen LogP contribution in [0.2, 0.25) is 5.02 Å². The highest BCUT2D eigenvalue weighted by Gasteiger charge is 2.28. The molecule has 3 rings (SSSR count). The monoisotopic (exact) mass is 508 g/mol. The molecule has 0 radical (unpaired) electrons. The zero-order valence-electron chi connectivity index (χ0n) is 15.9.